The minimum absolute atomic E-state index is 0.0840. The molecule has 0 amide bonds. The molecule has 1 aliphatic rings. The van der Waals surface area contributed by atoms with Crippen LogP contribution in [0.5, 0.6) is 0 Å². The number of nitriles is 1. The monoisotopic (exact) mass is 263 g/mol. The highest BCUT2D eigenvalue weighted by atomic mass is 32.1. The summed E-state index contributed by atoms with van der Waals surface area (Å²) in [5.41, 5.74) is 1.28. The van der Waals surface area contributed by atoms with Gasteiger partial charge in [0.2, 0.25) is 0 Å². The van der Waals surface area contributed by atoms with E-state index in [2.05, 4.69) is 37.1 Å². The lowest BCUT2D eigenvalue weighted by Crippen LogP contribution is -2.37. The number of rotatable bonds is 2. The van der Waals surface area contributed by atoms with Crippen LogP contribution in [0.1, 0.15) is 50.7 Å². The summed E-state index contributed by atoms with van der Waals surface area (Å²) in [5, 5.41) is 12.5. The van der Waals surface area contributed by atoms with E-state index < -0.39 is 0 Å². The molecule has 1 aromatic heterocycles. The van der Waals surface area contributed by atoms with Gasteiger partial charge in [-0.25, -0.2) is 4.98 Å². The molecule has 4 heteroatoms. The molecule has 2 heterocycles. The van der Waals surface area contributed by atoms with Crippen molar-refractivity contribution >= 4 is 11.3 Å². The summed E-state index contributed by atoms with van der Waals surface area (Å²) in [7, 11) is 0. The van der Waals surface area contributed by atoms with E-state index in [1.165, 1.54) is 12.8 Å². The van der Waals surface area contributed by atoms with Gasteiger partial charge in [-0.3, -0.25) is 4.90 Å². The van der Waals surface area contributed by atoms with Crippen LogP contribution in [-0.2, 0) is 12.0 Å². The van der Waals surface area contributed by atoms with E-state index in [0.29, 0.717) is 0 Å². The number of likely N-dealkylation sites (tertiary alicyclic amines) is 1. The van der Waals surface area contributed by atoms with E-state index in [4.69, 9.17) is 10.2 Å². The number of piperidine rings is 1. The van der Waals surface area contributed by atoms with Crippen molar-refractivity contribution in [1.29, 1.82) is 5.26 Å². The van der Waals surface area contributed by atoms with Crippen LogP contribution < -0.4 is 0 Å². The standard InChI is InChI=1S/C14H21N3S/c1-14(2,3)12-10-18-13(16-12)9-17-7-5-4-6-11(17)8-15/h10-11H,4-7,9H2,1-3H3. The smallest absolute Gasteiger partial charge is 0.107 e. The van der Waals surface area contributed by atoms with Crippen molar-refractivity contribution in [1.82, 2.24) is 9.88 Å². The van der Waals surface area contributed by atoms with Crippen LogP contribution in [0.25, 0.3) is 0 Å². The molecule has 0 radical (unpaired) electrons. The van der Waals surface area contributed by atoms with Gasteiger partial charge in [0.15, 0.2) is 0 Å². The van der Waals surface area contributed by atoms with Crippen molar-refractivity contribution in [3.8, 4) is 6.07 Å². The van der Waals surface area contributed by atoms with E-state index in [9.17, 15) is 0 Å². The molecule has 0 spiro atoms. The van der Waals surface area contributed by atoms with Crippen LogP contribution in [0.4, 0.5) is 0 Å². The van der Waals surface area contributed by atoms with Gasteiger partial charge in [-0.15, -0.1) is 11.3 Å². The fourth-order valence-corrected chi connectivity index (χ4v) is 3.27. The first-order valence-electron chi connectivity index (χ1n) is 6.59. The molecule has 18 heavy (non-hydrogen) atoms. The second-order valence-corrected chi connectivity index (χ2v) is 6.93. The van der Waals surface area contributed by atoms with Crippen molar-refractivity contribution in [3.05, 3.63) is 16.1 Å². The fourth-order valence-electron chi connectivity index (χ4n) is 2.23. The molecule has 1 fully saturated rings. The minimum atomic E-state index is 0.0840. The first-order chi connectivity index (χ1) is 8.50. The number of hydrogen-bond donors (Lipinski definition) is 0. The highest BCUT2D eigenvalue weighted by Gasteiger charge is 2.24. The molecule has 1 aliphatic heterocycles. The molecular formula is C14H21N3S. The third-order valence-corrected chi connectivity index (χ3v) is 4.25. The molecule has 1 aromatic rings. The van der Waals surface area contributed by atoms with E-state index in [1.807, 2.05) is 0 Å². The SMILES string of the molecule is CC(C)(C)c1csc(CN2CCCCC2C#N)n1. The zero-order valence-electron chi connectivity index (χ0n) is 11.4. The Morgan fingerprint density at radius 3 is 2.89 bits per heavy atom. The Kier molecular flexibility index (Phi) is 4.04. The summed E-state index contributed by atoms with van der Waals surface area (Å²) < 4.78 is 0. The van der Waals surface area contributed by atoms with Crippen molar-refractivity contribution in [3.63, 3.8) is 0 Å². The first kappa shape index (κ1) is 13.5. The van der Waals surface area contributed by atoms with Crippen molar-refractivity contribution in [2.24, 2.45) is 0 Å². The largest absolute Gasteiger partial charge is 0.281 e. The van der Waals surface area contributed by atoms with Gasteiger partial charge < -0.3 is 0 Å². The van der Waals surface area contributed by atoms with Gasteiger partial charge in [0.25, 0.3) is 0 Å². The van der Waals surface area contributed by atoms with Gasteiger partial charge in [0.1, 0.15) is 5.01 Å². The van der Waals surface area contributed by atoms with Gasteiger partial charge in [-0.05, 0) is 25.8 Å². The predicted molar refractivity (Wildman–Crippen MR) is 74.5 cm³/mol. The second-order valence-electron chi connectivity index (χ2n) is 5.99. The molecular weight excluding hydrogens is 242 g/mol. The lowest BCUT2D eigenvalue weighted by molar-refractivity contribution is 0.176. The Balaban J connectivity index is 2.05. The summed E-state index contributed by atoms with van der Waals surface area (Å²) in [5.74, 6) is 0. The van der Waals surface area contributed by atoms with Crippen molar-refractivity contribution in [2.45, 2.75) is 58.0 Å². The number of thiazole rings is 1. The maximum Gasteiger partial charge on any atom is 0.107 e. The predicted octanol–water partition coefficient (Wildman–Crippen LogP) is 3.32. The topological polar surface area (TPSA) is 39.9 Å². The second kappa shape index (κ2) is 5.38. The molecule has 1 atom stereocenters. The van der Waals surface area contributed by atoms with E-state index >= 15 is 0 Å². The minimum Gasteiger partial charge on any atom is -0.281 e. The van der Waals surface area contributed by atoms with Crippen LogP contribution in [0.15, 0.2) is 5.38 Å². The number of aromatic nitrogens is 1. The van der Waals surface area contributed by atoms with Crippen molar-refractivity contribution < 1.29 is 0 Å². The van der Waals surface area contributed by atoms with Gasteiger partial charge >= 0.3 is 0 Å². The van der Waals surface area contributed by atoms with Gasteiger partial charge in [0, 0.05) is 10.8 Å². The summed E-state index contributed by atoms with van der Waals surface area (Å²) in [6.07, 6.45) is 3.39. The fraction of sp³-hybridized carbons (Fsp3) is 0.714. The van der Waals surface area contributed by atoms with Crippen molar-refractivity contribution in [2.75, 3.05) is 6.54 Å². The lowest BCUT2D eigenvalue weighted by Gasteiger charge is -2.30. The summed E-state index contributed by atoms with van der Waals surface area (Å²) >= 11 is 1.72. The molecule has 1 unspecified atom stereocenters. The molecule has 98 valence electrons. The summed E-state index contributed by atoms with van der Waals surface area (Å²) in [4.78, 5) is 6.98. The van der Waals surface area contributed by atoms with E-state index in [1.54, 1.807) is 11.3 Å². The molecule has 3 nitrogen and oxygen atoms in total. The third-order valence-electron chi connectivity index (χ3n) is 3.42. The highest BCUT2D eigenvalue weighted by Crippen LogP contribution is 2.26. The lowest BCUT2D eigenvalue weighted by atomic mass is 9.93. The van der Waals surface area contributed by atoms with E-state index in [0.717, 1.165) is 30.2 Å². The Morgan fingerprint density at radius 1 is 1.50 bits per heavy atom. The molecule has 2 rings (SSSR count). The van der Waals surface area contributed by atoms with Crippen LogP contribution >= 0.6 is 11.3 Å². The molecule has 0 aromatic carbocycles. The third kappa shape index (κ3) is 3.09. The Bertz CT molecular complexity index is 439. The number of hydrogen-bond acceptors (Lipinski definition) is 4. The molecule has 0 N–H and O–H groups in total. The zero-order valence-corrected chi connectivity index (χ0v) is 12.3. The Hall–Kier alpha value is -0.920. The van der Waals surface area contributed by atoms with Gasteiger partial charge in [-0.2, -0.15) is 5.26 Å². The Labute approximate surface area is 113 Å². The average Bonchev–Trinajstić information content (AvgIpc) is 2.78. The zero-order chi connectivity index (χ0) is 13.2. The first-order valence-corrected chi connectivity index (χ1v) is 7.47. The van der Waals surface area contributed by atoms with Crippen LogP contribution in [0.3, 0.4) is 0 Å². The van der Waals surface area contributed by atoms with Crippen LogP contribution in [0.2, 0.25) is 0 Å². The van der Waals surface area contributed by atoms with Crippen LogP contribution in [-0.4, -0.2) is 22.5 Å². The molecule has 0 bridgehead atoms. The maximum absolute atomic E-state index is 9.17. The van der Waals surface area contributed by atoms with E-state index in [-0.39, 0.29) is 11.5 Å². The van der Waals surface area contributed by atoms with Gasteiger partial charge in [-0.1, -0.05) is 20.8 Å². The summed E-state index contributed by atoms with van der Waals surface area (Å²) in [6, 6.07) is 2.50. The number of nitrogens with zero attached hydrogens (tertiary/aromatic N) is 3. The molecule has 1 saturated heterocycles. The van der Waals surface area contributed by atoms with Gasteiger partial charge in [0.05, 0.1) is 24.3 Å². The van der Waals surface area contributed by atoms with Crippen LogP contribution in [0, 0.1) is 11.3 Å². The summed E-state index contributed by atoms with van der Waals surface area (Å²) in [6.45, 7) is 8.42. The highest BCUT2D eigenvalue weighted by molar-refractivity contribution is 7.09. The molecule has 0 saturated carbocycles. The quantitative estimate of drug-likeness (QED) is 0.821. The molecule has 0 aliphatic carbocycles. The normalized spacial score (nSPS) is 21.8. The maximum atomic E-state index is 9.17. The average molecular weight is 263 g/mol. The Morgan fingerprint density at radius 2 is 2.28 bits per heavy atom.